The van der Waals surface area contributed by atoms with E-state index in [1.807, 2.05) is 27.7 Å². The molecule has 0 saturated heterocycles. The molecule has 0 amide bonds. The fourth-order valence-electron chi connectivity index (χ4n) is 3.90. The van der Waals surface area contributed by atoms with Crippen LogP contribution in [0.3, 0.4) is 0 Å². The van der Waals surface area contributed by atoms with Crippen LogP contribution in [0.25, 0.3) is 0 Å². The van der Waals surface area contributed by atoms with E-state index in [1.165, 1.54) is 0 Å². The summed E-state index contributed by atoms with van der Waals surface area (Å²) in [5, 5.41) is 0.0949. The summed E-state index contributed by atoms with van der Waals surface area (Å²) in [6.45, 7) is 34.0. The zero-order valence-electron chi connectivity index (χ0n) is 28.4. The predicted octanol–water partition coefficient (Wildman–Crippen LogP) is 9.76. The predicted molar refractivity (Wildman–Crippen MR) is 167 cm³/mol. The molecule has 7 nitrogen and oxygen atoms in total. The largest absolute Gasteiger partial charge is 0.531 e. The fraction of sp³-hybridized carbons (Fsp3) is 0.774. The Bertz CT molecular complexity index is 1060. The van der Waals surface area contributed by atoms with Crippen LogP contribution in [0, 0.1) is 6.92 Å². The second-order valence-corrected chi connectivity index (χ2v) is 22.1. The van der Waals surface area contributed by atoms with Crippen LogP contribution in [0.4, 0.5) is 0 Å². The van der Waals surface area contributed by atoms with Gasteiger partial charge in [0, 0.05) is 12.2 Å². The summed E-state index contributed by atoms with van der Waals surface area (Å²) in [6.07, 6.45) is 0.688. The van der Waals surface area contributed by atoms with E-state index in [4.69, 9.17) is 22.7 Å². The molecule has 1 rings (SSSR count). The summed E-state index contributed by atoms with van der Waals surface area (Å²) in [4.78, 5) is 13.1. The van der Waals surface area contributed by atoms with Crippen molar-refractivity contribution >= 4 is 22.1 Å². The van der Waals surface area contributed by atoms with Crippen LogP contribution in [-0.4, -0.2) is 37.7 Å². The minimum atomic E-state index is -4.14. The van der Waals surface area contributed by atoms with Gasteiger partial charge in [0.2, 0.25) is 0 Å². The zero-order valence-corrected chi connectivity index (χ0v) is 30.3. The van der Waals surface area contributed by atoms with Gasteiger partial charge >= 0.3 is 13.8 Å². The standard InChI is InChI=1S/C31H57O7PSi/c1-22-20-23(26(32)35-27(2,3)4)21-24(36-39(33,37-28(5,6)7)38-29(8,9)10)25(22)31(14,15)18-19-34-40(16,17)30(11,12)13/h20-21H,18-19H2,1-17H3. The molecule has 0 unspecified atom stereocenters. The number of hydrogen-bond acceptors (Lipinski definition) is 7. The van der Waals surface area contributed by atoms with Crippen LogP contribution in [0.15, 0.2) is 12.1 Å². The summed E-state index contributed by atoms with van der Waals surface area (Å²) in [5.41, 5.74) is -0.829. The molecule has 0 heterocycles. The first-order valence-electron chi connectivity index (χ1n) is 14.2. The van der Waals surface area contributed by atoms with Gasteiger partial charge in [0.15, 0.2) is 8.32 Å². The van der Waals surface area contributed by atoms with E-state index in [0.29, 0.717) is 18.6 Å². The zero-order chi connectivity index (χ0) is 31.8. The summed E-state index contributed by atoms with van der Waals surface area (Å²) in [6, 6.07) is 3.39. The maximum absolute atomic E-state index is 14.2. The second kappa shape index (κ2) is 12.2. The summed E-state index contributed by atoms with van der Waals surface area (Å²) in [7, 11) is -6.09. The van der Waals surface area contributed by atoms with Gasteiger partial charge in [-0.25, -0.2) is 9.36 Å². The Morgan fingerprint density at radius 2 is 1.27 bits per heavy atom. The Balaban J connectivity index is 3.69. The third-order valence-electron chi connectivity index (χ3n) is 6.59. The Kier molecular flexibility index (Phi) is 11.2. The molecule has 0 aliphatic rings. The van der Waals surface area contributed by atoms with Crippen molar-refractivity contribution in [2.75, 3.05) is 6.61 Å². The molecule has 1 aromatic carbocycles. The van der Waals surface area contributed by atoms with Crippen molar-refractivity contribution in [1.29, 1.82) is 0 Å². The summed E-state index contributed by atoms with van der Waals surface area (Å²) >= 11 is 0. The molecule has 0 saturated carbocycles. The number of rotatable bonds is 10. The fourth-order valence-corrected chi connectivity index (χ4v) is 6.78. The number of phosphoric acid groups is 1. The maximum atomic E-state index is 14.2. The molecule has 0 spiro atoms. The lowest BCUT2D eigenvalue weighted by atomic mass is 9.78. The van der Waals surface area contributed by atoms with Crippen molar-refractivity contribution in [3.05, 3.63) is 28.8 Å². The number of benzene rings is 1. The molecule has 0 aliphatic heterocycles. The van der Waals surface area contributed by atoms with Gasteiger partial charge in [0.05, 0.1) is 16.8 Å². The van der Waals surface area contributed by atoms with E-state index in [2.05, 4.69) is 47.7 Å². The molecule has 0 radical (unpaired) electrons. The highest BCUT2D eigenvalue weighted by atomic mass is 31.2. The number of ether oxygens (including phenoxy) is 1. The molecule has 1 aromatic rings. The highest BCUT2D eigenvalue weighted by Gasteiger charge is 2.42. The third kappa shape index (κ3) is 11.6. The van der Waals surface area contributed by atoms with E-state index >= 15 is 0 Å². The normalized spacial score (nSPS) is 14.3. The van der Waals surface area contributed by atoms with Crippen LogP contribution in [0.2, 0.25) is 18.1 Å². The van der Waals surface area contributed by atoms with Crippen LogP contribution in [0.5, 0.6) is 5.75 Å². The van der Waals surface area contributed by atoms with Gasteiger partial charge in [-0.3, -0.25) is 9.05 Å². The van der Waals surface area contributed by atoms with Gasteiger partial charge in [-0.1, -0.05) is 34.6 Å². The molecule has 0 bridgehead atoms. The van der Waals surface area contributed by atoms with Crippen LogP contribution >= 0.6 is 7.82 Å². The monoisotopic (exact) mass is 600 g/mol. The number of carbonyl (C=O) groups is 1. The van der Waals surface area contributed by atoms with Crippen molar-refractivity contribution < 1.29 is 32.1 Å². The Morgan fingerprint density at radius 3 is 1.68 bits per heavy atom. The number of hydrogen-bond donors (Lipinski definition) is 0. The molecule has 0 aliphatic carbocycles. The highest BCUT2D eigenvalue weighted by Crippen LogP contribution is 2.57. The van der Waals surface area contributed by atoms with Crippen LogP contribution < -0.4 is 4.52 Å². The lowest BCUT2D eigenvalue weighted by Gasteiger charge is -2.38. The van der Waals surface area contributed by atoms with Crippen molar-refractivity contribution in [3.63, 3.8) is 0 Å². The number of aryl methyl sites for hydroxylation is 1. The lowest BCUT2D eigenvalue weighted by Crippen LogP contribution is -2.41. The topological polar surface area (TPSA) is 80.3 Å². The van der Waals surface area contributed by atoms with Gasteiger partial charge in [0.25, 0.3) is 0 Å². The molecule has 0 atom stereocenters. The van der Waals surface area contributed by atoms with E-state index in [-0.39, 0.29) is 10.8 Å². The number of carbonyl (C=O) groups excluding carboxylic acids is 1. The maximum Gasteiger partial charge on any atom is 0.531 e. The Morgan fingerprint density at radius 1 is 0.800 bits per heavy atom. The Labute approximate surface area is 245 Å². The van der Waals surface area contributed by atoms with Crippen LogP contribution in [0.1, 0.15) is 125 Å². The number of esters is 1. The van der Waals surface area contributed by atoms with Crippen LogP contribution in [-0.2, 0) is 28.2 Å². The molecule has 0 aromatic heterocycles. The summed E-state index contributed by atoms with van der Waals surface area (Å²) in [5.74, 6) is -0.218. The van der Waals surface area contributed by atoms with Crippen molar-refractivity contribution in [2.24, 2.45) is 0 Å². The average Bonchev–Trinajstić information content (AvgIpc) is 2.60. The highest BCUT2D eigenvalue weighted by molar-refractivity contribution is 7.49. The number of phosphoric ester groups is 1. The van der Waals surface area contributed by atoms with Gasteiger partial charge in [-0.2, -0.15) is 0 Å². The minimum Gasteiger partial charge on any atom is -0.456 e. The first-order chi connectivity index (χ1) is 17.5. The smallest absolute Gasteiger partial charge is 0.456 e. The second-order valence-electron chi connectivity index (χ2n) is 15.9. The molecule has 232 valence electrons. The van der Waals surface area contributed by atoms with E-state index in [0.717, 1.165) is 11.1 Å². The SMILES string of the molecule is Cc1cc(C(=O)OC(C)(C)C)cc(OP(=O)(OC(C)(C)C)OC(C)(C)C)c1C(C)(C)CCO[Si](C)(C)C(C)(C)C. The van der Waals surface area contributed by atoms with Crippen molar-refractivity contribution in [2.45, 2.75) is 151 Å². The van der Waals surface area contributed by atoms with E-state index < -0.39 is 44.3 Å². The Hall–Kier alpha value is -1.18. The molecule has 9 heteroatoms. The summed E-state index contributed by atoms with van der Waals surface area (Å²) < 4.78 is 44.4. The molecular formula is C31H57O7PSi. The third-order valence-corrected chi connectivity index (χ3v) is 13.1. The average molecular weight is 601 g/mol. The lowest BCUT2D eigenvalue weighted by molar-refractivity contribution is 0.00648. The van der Waals surface area contributed by atoms with E-state index in [9.17, 15) is 9.36 Å². The minimum absolute atomic E-state index is 0.0949. The molecule has 0 fully saturated rings. The van der Waals surface area contributed by atoms with Gasteiger partial charge in [0.1, 0.15) is 11.4 Å². The molecular weight excluding hydrogens is 543 g/mol. The van der Waals surface area contributed by atoms with Gasteiger partial charge in [-0.15, -0.1) is 0 Å². The quantitative estimate of drug-likeness (QED) is 0.150. The molecule has 40 heavy (non-hydrogen) atoms. The molecule has 0 N–H and O–H groups in total. The van der Waals surface area contributed by atoms with E-state index in [1.54, 1.807) is 53.7 Å². The first-order valence-corrected chi connectivity index (χ1v) is 18.6. The van der Waals surface area contributed by atoms with Gasteiger partial charge < -0.3 is 13.7 Å². The van der Waals surface area contributed by atoms with Crippen molar-refractivity contribution in [3.8, 4) is 5.75 Å². The van der Waals surface area contributed by atoms with Gasteiger partial charge in [-0.05, 0) is 117 Å². The van der Waals surface area contributed by atoms with Crippen molar-refractivity contribution in [1.82, 2.24) is 0 Å². The first kappa shape index (κ1) is 36.8.